The molecule has 108 valence electrons. The lowest BCUT2D eigenvalue weighted by molar-refractivity contribution is 0.0941. The molecule has 0 saturated heterocycles. The first-order valence-electron chi connectivity index (χ1n) is 6.69. The number of amides is 1. The number of nitrogen functional groups attached to an aromatic ring is 1. The summed E-state index contributed by atoms with van der Waals surface area (Å²) in [5, 5.41) is 3.92. The lowest BCUT2D eigenvalue weighted by atomic mass is 10.2. The molecule has 0 aliphatic rings. The van der Waals surface area contributed by atoms with Crippen LogP contribution in [-0.2, 0) is 6.54 Å². The van der Waals surface area contributed by atoms with Gasteiger partial charge in [-0.05, 0) is 13.0 Å². The molecule has 2 heterocycles. The zero-order valence-electron chi connectivity index (χ0n) is 11.6. The molecule has 1 atom stereocenters. The van der Waals surface area contributed by atoms with E-state index in [1.165, 1.54) is 11.3 Å². The summed E-state index contributed by atoms with van der Waals surface area (Å²) in [7, 11) is 0. The second-order valence-corrected chi connectivity index (χ2v) is 6.03. The Morgan fingerprint density at radius 1 is 1.48 bits per heavy atom. The van der Waals surface area contributed by atoms with Crippen molar-refractivity contribution < 1.29 is 4.79 Å². The fourth-order valence-electron chi connectivity index (χ4n) is 2.28. The molecule has 1 unspecified atom stereocenters. The first-order valence-corrected chi connectivity index (χ1v) is 7.50. The Bertz CT molecular complexity index is 763. The molecule has 3 rings (SSSR count). The highest BCUT2D eigenvalue weighted by Gasteiger charge is 2.17. The number of imidazole rings is 1. The molecule has 0 saturated carbocycles. The summed E-state index contributed by atoms with van der Waals surface area (Å²) in [4.78, 5) is 16.9. The Hall–Kier alpha value is -2.34. The van der Waals surface area contributed by atoms with Crippen LogP contribution in [0.25, 0.3) is 10.1 Å². The highest BCUT2D eigenvalue weighted by Crippen LogP contribution is 2.33. The second-order valence-electron chi connectivity index (χ2n) is 4.98. The van der Waals surface area contributed by atoms with Crippen LogP contribution >= 0.6 is 11.3 Å². The van der Waals surface area contributed by atoms with E-state index in [1.807, 2.05) is 42.0 Å². The predicted molar refractivity (Wildman–Crippen MR) is 85.4 cm³/mol. The minimum absolute atomic E-state index is 0.00341. The number of nitrogens with two attached hydrogens (primary N) is 1. The van der Waals surface area contributed by atoms with Gasteiger partial charge in [0.05, 0.1) is 12.0 Å². The van der Waals surface area contributed by atoms with Crippen molar-refractivity contribution in [3.8, 4) is 0 Å². The molecule has 3 N–H and O–H groups in total. The maximum Gasteiger partial charge on any atom is 0.263 e. The van der Waals surface area contributed by atoms with Gasteiger partial charge < -0.3 is 15.6 Å². The smallest absolute Gasteiger partial charge is 0.263 e. The SMILES string of the molecule is CC(Cn1ccnc1)NC(=O)c1sc2ccccc2c1N. The van der Waals surface area contributed by atoms with Crippen LogP contribution < -0.4 is 11.1 Å². The van der Waals surface area contributed by atoms with E-state index >= 15 is 0 Å². The van der Waals surface area contributed by atoms with Crippen LogP contribution in [-0.4, -0.2) is 21.5 Å². The minimum Gasteiger partial charge on any atom is -0.397 e. The number of benzene rings is 1. The van der Waals surface area contributed by atoms with Gasteiger partial charge in [0.1, 0.15) is 4.88 Å². The van der Waals surface area contributed by atoms with Crippen LogP contribution in [0.1, 0.15) is 16.6 Å². The Labute approximate surface area is 126 Å². The van der Waals surface area contributed by atoms with Crippen LogP contribution in [0.2, 0.25) is 0 Å². The Morgan fingerprint density at radius 3 is 3.00 bits per heavy atom. The first-order chi connectivity index (χ1) is 10.1. The molecular formula is C15H16N4OS. The Balaban J connectivity index is 1.76. The largest absolute Gasteiger partial charge is 0.397 e. The number of anilines is 1. The van der Waals surface area contributed by atoms with Gasteiger partial charge in [-0.25, -0.2) is 4.98 Å². The maximum atomic E-state index is 12.4. The van der Waals surface area contributed by atoms with Gasteiger partial charge in [0, 0.05) is 35.1 Å². The number of rotatable bonds is 4. The lowest BCUT2D eigenvalue weighted by Gasteiger charge is -2.14. The van der Waals surface area contributed by atoms with Crippen molar-refractivity contribution >= 4 is 33.0 Å². The van der Waals surface area contributed by atoms with Crippen LogP contribution in [0, 0.1) is 0 Å². The molecule has 0 fully saturated rings. The molecule has 3 aromatic rings. The third-order valence-electron chi connectivity index (χ3n) is 3.26. The second kappa shape index (κ2) is 5.57. The third-order valence-corrected chi connectivity index (χ3v) is 4.45. The van der Waals surface area contributed by atoms with Crippen molar-refractivity contribution in [2.75, 3.05) is 5.73 Å². The van der Waals surface area contributed by atoms with Crippen LogP contribution in [0.5, 0.6) is 0 Å². The molecule has 1 aromatic carbocycles. The van der Waals surface area contributed by atoms with E-state index in [9.17, 15) is 4.79 Å². The molecule has 6 heteroatoms. The minimum atomic E-state index is -0.124. The van der Waals surface area contributed by atoms with Crippen molar-refractivity contribution in [1.29, 1.82) is 0 Å². The Kier molecular flexibility index (Phi) is 3.62. The van der Waals surface area contributed by atoms with Crippen molar-refractivity contribution in [1.82, 2.24) is 14.9 Å². The molecule has 1 amide bonds. The molecular weight excluding hydrogens is 284 g/mol. The summed E-state index contributed by atoms with van der Waals surface area (Å²) in [6.45, 7) is 2.64. The van der Waals surface area contributed by atoms with Crippen LogP contribution in [0.3, 0.4) is 0 Å². The fourth-order valence-corrected chi connectivity index (χ4v) is 3.31. The fraction of sp³-hybridized carbons (Fsp3) is 0.200. The molecule has 0 spiro atoms. The lowest BCUT2D eigenvalue weighted by Crippen LogP contribution is -2.35. The molecule has 0 bridgehead atoms. The number of nitrogens with one attached hydrogen (secondary N) is 1. The van der Waals surface area contributed by atoms with Crippen molar-refractivity contribution in [2.24, 2.45) is 0 Å². The van der Waals surface area contributed by atoms with E-state index in [4.69, 9.17) is 5.73 Å². The number of aromatic nitrogens is 2. The van der Waals surface area contributed by atoms with E-state index in [1.54, 1.807) is 12.5 Å². The molecule has 2 aromatic heterocycles. The number of carbonyl (C=O) groups is 1. The number of hydrogen-bond donors (Lipinski definition) is 2. The number of thiophene rings is 1. The number of carbonyl (C=O) groups excluding carboxylic acids is 1. The van der Waals surface area contributed by atoms with Gasteiger partial charge >= 0.3 is 0 Å². The number of fused-ring (bicyclic) bond motifs is 1. The van der Waals surface area contributed by atoms with Gasteiger partial charge in [0.25, 0.3) is 5.91 Å². The molecule has 0 aliphatic carbocycles. The van der Waals surface area contributed by atoms with Crippen molar-refractivity contribution in [3.05, 3.63) is 47.9 Å². The first kappa shape index (κ1) is 13.6. The molecule has 21 heavy (non-hydrogen) atoms. The van der Waals surface area contributed by atoms with Gasteiger partial charge in [-0.2, -0.15) is 0 Å². The maximum absolute atomic E-state index is 12.4. The van der Waals surface area contributed by atoms with Gasteiger partial charge in [-0.15, -0.1) is 11.3 Å². The van der Waals surface area contributed by atoms with Gasteiger partial charge in [-0.3, -0.25) is 4.79 Å². The number of nitrogens with zero attached hydrogens (tertiary/aromatic N) is 2. The topological polar surface area (TPSA) is 72.9 Å². The summed E-state index contributed by atoms with van der Waals surface area (Å²) in [6.07, 6.45) is 5.32. The van der Waals surface area contributed by atoms with E-state index in [0.717, 1.165) is 10.1 Å². The zero-order chi connectivity index (χ0) is 14.8. The molecule has 0 aliphatic heterocycles. The van der Waals surface area contributed by atoms with Gasteiger partial charge in [-0.1, -0.05) is 18.2 Å². The van der Waals surface area contributed by atoms with E-state index < -0.39 is 0 Å². The van der Waals surface area contributed by atoms with Crippen LogP contribution in [0.15, 0.2) is 43.0 Å². The summed E-state index contributed by atoms with van der Waals surface area (Å²) in [5.74, 6) is -0.124. The third kappa shape index (κ3) is 2.75. The highest BCUT2D eigenvalue weighted by atomic mass is 32.1. The highest BCUT2D eigenvalue weighted by molar-refractivity contribution is 7.21. The standard InChI is InChI=1S/C15H16N4OS/c1-10(8-19-7-6-17-9-19)18-15(20)14-13(16)11-4-2-3-5-12(11)21-14/h2-7,9-10H,8,16H2,1H3,(H,18,20). The average molecular weight is 300 g/mol. The normalized spacial score (nSPS) is 12.4. The van der Waals surface area contributed by atoms with Crippen molar-refractivity contribution in [2.45, 2.75) is 19.5 Å². The van der Waals surface area contributed by atoms with Crippen molar-refractivity contribution in [3.63, 3.8) is 0 Å². The van der Waals surface area contributed by atoms with Gasteiger partial charge in [0.2, 0.25) is 0 Å². The quantitative estimate of drug-likeness (QED) is 0.777. The van der Waals surface area contributed by atoms with E-state index in [2.05, 4.69) is 10.3 Å². The summed E-state index contributed by atoms with van der Waals surface area (Å²) in [6, 6.07) is 7.78. The summed E-state index contributed by atoms with van der Waals surface area (Å²) < 4.78 is 2.96. The zero-order valence-corrected chi connectivity index (χ0v) is 12.4. The van der Waals surface area contributed by atoms with E-state index in [0.29, 0.717) is 17.1 Å². The summed E-state index contributed by atoms with van der Waals surface area (Å²) >= 11 is 1.43. The van der Waals surface area contributed by atoms with Crippen LogP contribution in [0.4, 0.5) is 5.69 Å². The average Bonchev–Trinajstić information content (AvgIpc) is 3.07. The predicted octanol–water partition coefficient (Wildman–Crippen LogP) is 2.50. The monoisotopic (exact) mass is 300 g/mol. The molecule has 0 radical (unpaired) electrons. The molecule has 5 nitrogen and oxygen atoms in total. The Morgan fingerprint density at radius 2 is 2.29 bits per heavy atom. The summed E-state index contributed by atoms with van der Waals surface area (Å²) in [5.41, 5.74) is 6.64. The number of hydrogen-bond acceptors (Lipinski definition) is 4. The van der Waals surface area contributed by atoms with E-state index in [-0.39, 0.29) is 11.9 Å². The van der Waals surface area contributed by atoms with Gasteiger partial charge in [0.15, 0.2) is 0 Å².